The molecule has 2 bridgehead atoms. The Labute approximate surface area is 242 Å². The van der Waals surface area contributed by atoms with Crippen molar-refractivity contribution < 1.29 is 23.9 Å². The van der Waals surface area contributed by atoms with Crippen molar-refractivity contribution in [2.75, 3.05) is 18.5 Å². The molecule has 2 aliphatic carbocycles. The van der Waals surface area contributed by atoms with E-state index < -0.39 is 29.6 Å². The number of benzene rings is 1. The van der Waals surface area contributed by atoms with Crippen LogP contribution in [0.3, 0.4) is 0 Å². The molecule has 5 aliphatic rings. The molecule has 2 N–H and O–H groups in total. The normalized spacial score (nSPS) is 33.9. The van der Waals surface area contributed by atoms with Crippen molar-refractivity contribution in [3.63, 3.8) is 0 Å². The van der Waals surface area contributed by atoms with Gasteiger partial charge in [-0.25, -0.2) is 0 Å². The van der Waals surface area contributed by atoms with Crippen LogP contribution >= 0.6 is 0 Å². The fraction of sp³-hybridized carbons (Fsp3) is 0.606. The predicted molar refractivity (Wildman–Crippen MR) is 156 cm³/mol. The summed E-state index contributed by atoms with van der Waals surface area (Å²) in [5.74, 6) is -0.899. The lowest BCUT2D eigenvalue weighted by atomic mass is 9.74. The highest BCUT2D eigenvalue weighted by atomic mass is 16.5. The van der Waals surface area contributed by atoms with Crippen molar-refractivity contribution in [1.29, 1.82) is 0 Å². The van der Waals surface area contributed by atoms with E-state index in [2.05, 4.69) is 23.6 Å². The van der Waals surface area contributed by atoms with Crippen LogP contribution in [-0.2, 0) is 19.1 Å². The summed E-state index contributed by atoms with van der Waals surface area (Å²) in [5.41, 5.74) is 0.849. The van der Waals surface area contributed by atoms with Gasteiger partial charge in [-0.1, -0.05) is 43.6 Å². The Morgan fingerprint density at radius 3 is 2.63 bits per heavy atom. The zero-order chi connectivity index (χ0) is 28.6. The van der Waals surface area contributed by atoms with Crippen molar-refractivity contribution in [1.82, 2.24) is 10.2 Å². The zero-order valence-electron chi connectivity index (χ0n) is 24.3. The van der Waals surface area contributed by atoms with Crippen molar-refractivity contribution in [3.05, 3.63) is 48.1 Å². The van der Waals surface area contributed by atoms with E-state index >= 15 is 0 Å². The van der Waals surface area contributed by atoms with E-state index in [-0.39, 0.29) is 23.8 Å². The third-order valence-corrected chi connectivity index (χ3v) is 9.86. The fourth-order valence-corrected chi connectivity index (χ4v) is 7.72. The molecule has 3 aliphatic heterocycles. The van der Waals surface area contributed by atoms with Crippen LogP contribution in [0.1, 0.15) is 71.6 Å². The van der Waals surface area contributed by atoms with Gasteiger partial charge in [0.1, 0.15) is 17.4 Å². The lowest BCUT2D eigenvalue weighted by molar-refractivity contribution is -0.141. The minimum atomic E-state index is -1.13. The van der Waals surface area contributed by atoms with E-state index in [0.29, 0.717) is 24.8 Å². The maximum absolute atomic E-state index is 14.2. The van der Waals surface area contributed by atoms with Crippen LogP contribution in [0.2, 0.25) is 0 Å². The molecule has 1 spiro atoms. The highest BCUT2D eigenvalue weighted by Crippen LogP contribution is 2.55. The number of hydrogen-bond acceptors (Lipinski definition) is 5. The Morgan fingerprint density at radius 2 is 1.90 bits per heavy atom. The third-order valence-electron chi connectivity index (χ3n) is 9.86. The van der Waals surface area contributed by atoms with Crippen LogP contribution in [0.4, 0.5) is 5.69 Å². The maximum Gasteiger partial charge on any atom is 0.246 e. The SMILES string of the molecule is CCOc1ccc(NC(=O)[C@H]2[C@H]3C=C[C@@]4(O3)[C@H]2C(=O)N(CCC2=CCCCC2)[C@@H]4C(=O)N[C@@H]2CCCC[C@H]2C)cc1. The minimum Gasteiger partial charge on any atom is -0.494 e. The van der Waals surface area contributed by atoms with Crippen LogP contribution < -0.4 is 15.4 Å². The molecule has 2 saturated heterocycles. The second kappa shape index (κ2) is 11.6. The first kappa shape index (κ1) is 28.0. The van der Waals surface area contributed by atoms with E-state index in [4.69, 9.17) is 9.47 Å². The average Bonchev–Trinajstić information content (AvgIpc) is 3.62. The first-order chi connectivity index (χ1) is 19.9. The van der Waals surface area contributed by atoms with Gasteiger partial charge in [-0.05, 0) is 82.1 Å². The average molecular weight is 562 g/mol. The number of likely N-dealkylation sites (tertiary alicyclic amines) is 1. The number of carbonyl (C=O) groups excluding carboxylic acids is 3. The number of nitrogens with one attached hydrogen (secondary N) is 2. The van der Waals surface area contributed by atoms with Crippen molar-refractivity contribution >= 4 is 23.4 Å². The minimum absolute atomic E-state index is 0.0889. The summed E-state index contributed by atoms with van der Waals surface area (Å²) in [4.78, 5) is 43.8. The predicted octanol–water partition coefficient (Wildman–Crippen LogP) is 4.76. The molecule has 8 heteroatoms. The Morgan fingerprint density at radius 1 is 1.10 bits per heavy atom. The lowest BCUT2D eigenvalue weighted by Gasteiger charge is -2.36. The molecule has 0 radical (unpaired) electrons. The zero-order valence-corrected chi connectivity index (χ0v) is 24.3. The van der Waals surface area contributed by atoms with E-state index in [9.17, 15) is 14.4 Å². The summed E-state index contributed by atoms with van der Waals surface area (Å²) in [6, 6.07) is 6.52. The van der Waals surface area contributed by atoms with Crippen LogP contribution in [0, 0.1) is 17.8 Å². The van der Waals surface area contributed by atoms with Crippen LogP contribution in [-0.4, -0.2) is 59.6 Å². The first-order valence-electron chi connectivity index (χ1n) is 15.6. The third kappa shape index (κ3) is 5.20. The summed E-state index contributed by atoms with van der Waals surface area (Å²) in [6.07, 6.45) is 15.1. The van der Waals surface area contributed by atoms with Gasteiger partial charge < -0.3 is 25.0 Å². The first-order valence-corrected chi connectivity index (χ1v) is 15.6. The summed E-state index contributed by atoms with van der Waals surface area (Å²) in [5, 5.41) is 6.31. The molecular formula is C33H43N3O5. The monoisotopic (exact) mass is 561 g/mol. The fourth-order valence-electron chi connectivity index (χ4n) is 7.72. The molecule has 1 aromatic carbocycles. The number of ether oxygens (including phenoxy) is 2. The highest BCUT2D eigenvalue weighted by molar-refractivity contribution is 6.02. The van der Waals surface area contributed by atoms with E-state index in [1.165, 1.54) is 18.4 Å². The molecular weight excluding hydrogens is 518 g/mol. The number of hydrogen-bond donors (Lipinski definition) is 2. The summed E-state index contributed by atoms with van der Waals surface area (Å²) < 4.78 is 12.0. The Hall–Kier alpha value is -3.13. The van der Waals surface area contributed by atoms with Gasteiger partial charge in [0.05, 0.1) is 24.5 Å². The molecule has 41 heavy (non-hydrogen) atoms. The summed E-state index contributed by atoms with van der Waals surface area (Å²) in [7, 11) is 0. The van der Waals surface area contributed by atoms with Gasteiger partial charge in [0.25, 0.3) is 0 Å². The number of amides is 3. The number of allylic oxidation sites excluding steroid dienone is 1. The van der Waals surface area contributed by atoms with Gasteiger partial charge in [-0.2, -0.15) is 0 Å². The molecule has 1 aromatic rings. The summed E-state index contributed by atoms with van der Waals surface area (Å²) in [6.45, 7) is 5.13. The van der Waals surface area contributed by atoms with Crippen LogP contribution in [0.15, 0.2) is 48.1 Å². The Balaban J connectivity index is 1.26. The van der Waals surface area contributed by atoms with Crippen LogP contribution in [0.25, 0.3) is 0 Å². The maximum atomic E-state index is 14.2. The quantitative estimate of drug-likeness (QED) is 0.424. The largest absolute Gasteiger partial charge is 0.494 e. The number of nitrogens with zero attached hydrogens (tertiary/aromatic N) is 1. The van der Waals surface area contributed by atoms with Gasteiger partial charge in [0.15, 0.2) is 0 Å². The highest BCUT2D eigenvalue weighted by Gasteiger charge is 2.72. The number of anilines is 1. The molecule has 6 rings (SSSR count). The molecule has 0 aromatic heterocycles. The summed E-state index contributed by atoms with van der Waals surface area (Å²) >= 11 is 0. The number of fused-ring (bicyclic) bond motifs is 1. The van der Waals surface area contributed by atoms with E-state index in [0.717, 1.165) is 50.7 Å². The van der Waals surface area contributed by atoms with Crippen LogP contribution in [0.5, 0.6) is 5.75 Å². The van der Waals surface area contributed by atoms with E-state index in [1.807, 2.05) is 31.2 Å². The van der Waals surface area contributed by atoms with Gasteiger partial charge in [0.2, 0.25) is 17.7 Å². The Bertz CT molecular complexity index is 1230. The van der Waals surface area contributed by atoms with Crippen molar-refractivity contribution in [2.45, 2.75) is 95.4 Å². The number of rotatable bonds is 9. The topological polar surface area (TPSA) is 97.0 Å². The molecule has 7 atom stereocenters. The van der Waals surface area contributed by atoms with Gasteiger partial charge >= 0.3 is 0 Å². The molecule has 220 valence electrons. The molecule has 3 heterocycles. The number of carbonyl (C=O) groups is 3. The standard InChI is InChI=1S/C33H43N3O5/c1-3-40-24-15-13-23(14-16-24)34-30(37)27-26-17-19-33(41-26)28(27)32(39)36(20-18-22-10-5-4-6-11-22)29(33)31(38)35-25-12-8-7-9-21(25)2/h10,13-17,19,21,25-29H,3-9,11-12,18,20H2,1-2H3,(H,34,37)(H,35,38)/t21-,25-,26-,27+,28-,29-,33-/m1/s1. The molecule has 0 unspecified atom stereocenters. The molecule has 8 nitrogen and oxygen atoms in total. The van der Waals surface area contributed by atoms with E-state index in [1.54, 1.807) is 17.0 Å². The molecule has 1 saturated carbocycles. The van der Waals surface area contributed by atoms with Crippen molar-refractivity contribution in [3.8, 4) is 5.75 Å². The van der Waals surface area contributed by atoms with Gasteiger partial charge in [-0.3, -0.25) is 14.4 Å². The lowest BCUT2D eigenvalue weighted by Crippen LogP contribution is -2.57. The van der Waals surface area contributed by atoms with Gasteiger partial charge in [-0.15, -0.1) is 0 Å². The second-order valence-electron chi connectivity index (χ2n) is 12.4. The Kier molecular flexibility index (Phi) is 7.94. The molecule has 3 amide bonds. The van der Waals surface area contributed by atoms with Crippen molar-refractivity contribution in [2.24, 2.45) is 17.8 Å². The van der Waals surface area contributed by atoms with Gasteiger partial charge in [0, 0.05) is 18.3 Å². The molecule has 3 fully saturated rings. The second-order valence-corrected chi connectivity index (χ2v) is 12.4. The smallest absolute Gasteiger partial charge is 0.246 e.